The number of amides is 2. The van der Waals surface area contributed by atoms with E-state index in [0.717, 1.165) is 17.7 Å². The van der Waals surface area contributed by atoms with E-state index in [-0.39, 0.29) is 30.5 Å². The lowest BCUT2D eigenvalue weighted by Gasteiger charge is -2.42. The molecule has 4 heterocycles. The van der Waals surface area contributed by atoms with Crippen molar-refractivity contribution in [2.75, 3.05) is 13.2 Å². The summed E-state index contributed by atoms with van der Waals surface area (Å²) >= 11 is 0. The summed E-state index contributed by atoms with van der Waals surface area (Å²) in [6.45, 7) is 3.36. The number of ether oxygens (including phenoxy) is 2. The van der Waals surface area contributed by atoms with E-state index in [0.29, 0.717) is 24.8 Å². The molecule has 9 nitrogen and oxygen atoms in total. The maximum Gasteiger partial charge on any atom is 0.274 e. The summed E-state index contributed by atoms with van der Waals surface area (Å²) in [5, 5.41) is 13.4. The predicted molar refractivity (Wildman–Crippen MR) is 147 cm³/mol. The molecule has 11 heteroatoms. The molecule has 2 aromatic carbocycles. The van der Waals surface area contributed by atoms with Crippen molar-refractivity contribution in [1.29, 1.82) is 0 Å². The number of nitrogens with one attached hydrogen (secondary N) is 1. The fraction of sp³-hybridized carbons (Fsp3) is 0.387. The van der Waals surface area contributed by atoms with Gasteiger partial charge in [-0.25, -0.2) is 8.78 Å². The third-order valence-corrected chi connectivity index (χ3v) is 8.58. The van der Waals surface area contributed by atoms with Crippen molar-refractivity contribution in [2.45, 2.75) is 63.6 Å². The summed E-state index contributed by atoms with van der Waals surface area (Å²) < 4.78 is 42.9. The Labute approximate surface area is 240 Å². The molecule has 220 valence electrons. The zero-order chi connectivity index (χ0) is 29.8. The number of carbonyl (C=O) groups is 2. The van der Waals surface area contributed by atoms with E-state index in [2.05, 4.69) is 5.32 Å². The Balaban J connectivity index is 1.35. The average Bonchev–Trinajstić information content (AvgIpc) is 3.31. The van der Waals surface area contributed by atoms with E-state index in [1.54, 1.807) is 4.90 Å². The highest BCUT2D eigenvalue weighted by atomic mass is 19.1. The number of aromatic hydroxyl groups is 1. The van der Waals surface area contributed by atoms with E-state index < -0.39 is 64.7 Å². The molecule has 0 unspecified atom stereocenters. The van der Waals surface area contributed by atoms with Gasteiger partial charge in [0.25, 0.3) is 11.8 Å². The van der Waals surface area contributed by atoms with Crippen molar-refractivity contribution in [3.05, 3.63) is 98.5 Å². The Kier molecular flexibility index (Phi) is 7.10. The quantitative estimate of drug-likeness (QED) is 0.478. The zero-order valence-corrected chi connectivity index (χ0v) is 23.2. The number of rotatable bonds is 5. The van der Waals surface area contributed by atoms with E-state index in [1.165, 1.54) is 17.7 Å². The van der Waals surface area contributed by atoms with Gasteiger partial charge in [0.1, 0.15) is 22.8 Å². The van der Waals surface area contributed by atoms with Gasteiger partial charge in [0.2, 0.25) is 5.43 Å². The molecule has 1 aromatic heterocycles. The maximum atomic E-state index is 14.4. The molecular formula is C31H31F2N3O6. The van der Waals surface area contributed by atoms with E-state index >= 15 is 0 Å². The van der Waals surface area contributed by atoms with Crippen LogP contribution in [-0.4, -0.2) is 57.5 Å². The van der Waals surface area contributed by atoms with Crippen molar-refractivity contribution in [3.8, 4) is 5.75 Å². The van der Waals surface area contributed by atoms with Gasteiger partial charge in [-0.3, -0.25) is 14.4 Å². The van der Waals surface area contributed by atoms with Crippen molar-refractivity contribution in [1.82, 2.24) is 14.8 Å². The molecule has 42 heavy (non-hydrogen) atoms. The summed E-state index contributed by atoms with van der Waals surface area (Å²) in [6.07, 6.45) is 2.33. The van der Waals surface area contributed by atoms with Gasteiger partial charge in [0, 0.05) is 37.3 Å². The van der Waals surface area contributed by atoms with E-state index in [1.807, 2.05) is 37.3 Å². The standard InChI is InChI=1S/C31H31F2N3O6/c1-17-10-22(32)20(23(33)11-17)13-34-29(39)21-14-36-24-15-35(30(40)26(36)28(38)27(21)37)18(2)8-9-31(24)16-41-25(42-31)12-19-6-4-3-5-7-19/h3-7,10-11,14,18,24-25,38H,8-9,12-13,15-16H2,1-2H3,(H,34,39)/t18-,24+,25+,31+/m0/s1. The third-order valence-electron chi connectivity index (χ3n) is 8.58. The van der Waals surface area contributed by atoms with Crippen LogP contribution in [0.1, 0.15) is 63.3 Å². The van der Waals surface area contributed by atoms with Crippen molar-refractivity contribution >= 4 is 11.8 Å². The Morgan fingerprint density at radius 1 is 1.17 bits per heavy atom. The number of pyridine rings is 1. The zero-order valence-electron chi connectivity index (χ0n) is 23.2. The number of carbonyl (C=O) groups excluding carboxylic acids is 2. The van der Waals surface area contributed by atoms with Crippen LogP contribution >= 0.6 is 0 Å². The average molecular weight is 580 g/mol. The minimum absolute atomic E-state index is 0.193. The molecule has 2 saturated heterocycles. The number of hydrogen-bond acceptors (Lipinski definition) is 6. The van der Waals surface area contributed by atoms with Crippen LogP contribution in [0.25, 0.3) is 0 Å². The molecule has 6 rings (SSSR count). The van der Waals surface area contributed by atoms with Gasteiger partial charge in [-0.1, -0.05) is 30.3 Å². The number of nitrogens with zero attached hydrogens (tertiary/aromatic N) is 2. The largest absolute Gasteiger partial charge is 0.503 e. The van der Waals surface area contributed by atoms with Gasteiger partial charge < -0.3 is 29.4 Å². The number of benzene rings is 2. The molecule has 0 radical (unpaired) electrons. The van der Waals surface area contributed by atoms with Gasteiger partial charge in [-0.15, -0.1) is 0 Å². The van der Waals surface area contributed by atoms with Crippen molar-refractivity contribution in [3.63, 3.8) is 0 Å². The van der Waals surface area contributed by atoms with Gasteiger partial charge in [-0.05, 0) is 49.9 Å². The molecule has 2 amide bonds. The highest BCUT2D eigenvalue weighted by molar-refractivity contribution is 5.99. The Hall–Kier alpha value is -4.09. The van der Waals surface area contributed by atoms with Gasteiger partial charge >= 0.3 is 0 Å². The fourth-order valence-electron chi connectivity index (χ4n) is 6.25. The summed E-state index contributed by atoms with van der Waals surface area (Å²) in [4.78, 5) is 41.5. The highest BCUT2D eigenvalue weighted by Crippen LogP contribution is 2.45. The smallest absolute Gasteiger partial charge is 0.274 e. The first-order valence-corrected chi connectivity index (χ1v) is 13.9. The first-order chi connectivity index (χ1) is 20.1. The lowest BCUT2D eigenvalue weighted by molar-refractivity contribution is -0.108. The molecule has 4 atom stereocenters. The molecular weight excluding hydrogens is 548 g/mol. The first kappa shape index (κ1) is 28.0. The second kappa shape index (κ2) is 10.6. The van der Waals surface area contributed by atoms with Crippen LogP contribution in [0, 0.1) is 18.6 Å². The molecule has 0 aliphatic carbocycles. The summed E-state index contributed by atoms with van der Waals surface area (Å²) in [5.74, 6) is -4.00. The van der Waals surface area contributed by atoms with Crippen molar-refractivity contribution < 1.29 is 33.0 Å². The molecule has 2 N–H and O–H groups in total. The summed E-state index contributed by atoms with van der Waals surface area (Å²) in [5.41, 5.74) is -1.59. The number of aryl methyl sites for hydroxylation is 1. The third kappa shape index (κ3) is 4.76. The maximum absolute atomic E-state index is 14.4. The predicted octanol–water partition coefficient (Wildman–Crippen LogP) is 3.60. The van der Waals surface area contributed by atoms with Crippen LogP contribution in [0.3, 0.4) is 0 Å². The van der Waals surface area contributed by atoms with Gasteiger partial charge in [0.15, 0.2) is 17.7 Å². The van der Waals surface area contributed by atoms with E-state index in [9.17, 15) is 28.3 Å². The van der Waals surface area contributed by atoms with Gasteiger partial charge in [-0.2, -0.15) is 0 Å². The fourth-order valence-corrected chi connectivity index (χ4v) is 6.25. The molecule has 2 fully saturated rings. The molecule has 3 aromatic rings. The molecule has 2 bridgehead atoms. The second-order valence-corrected chi connectivity index (χ2v) is 11.3. The van der Waals surface area contributed by atoms with E-state index in [4.69, 9.17) is 9.47 Å². The monoisotopic (exact) mass is 579 g/mol. The number of halogens is 2. The van der Waals surface area contributed by atoms with Crippen LogP contribution in [0.4, 0.5) is 8.78 Å². The molecule has 3 aliphatic rings. The van der Waals surface area contributed by atoms with Crippen molar-refractivity contribution in [2.24, 2.45) is 0 Å². The van der Waals surface area contributed by atoms with Crippen LogP contribution in [0.2, 0.25) is 0 Å². The topological polar surface area (TPSA) is 110 Å². The molecule has 3 aliphatic heterocycles. The number of fused-ring (bicyclic) bond motifs is 5. The minimum atomic E-state index is -1.05. The Morgan fingerprint density at radius 2 is 1.88 bits per heavy atom. The summed E-state index contributed by atoms with van der Waals surface area (Å²) in [7, 11) is 0. The van der Waals surface area contributed by atoms with Crippen LogP contribution in [0.5, 0.6) is 5.75 Å². The summed E-state index contributed by atoms with van der Waals surface area (Å²) in [6, 6.07) is 11.3. The number of hydrogen-bond donors (Lipinski definition) is 2. The number of aromatic nitrogens is 1. The van der Waals surface area contributed by atoms with Crippen LogP contribution in [-0.2, 0) is 22.4 Å². The second-order valence-electron chi connectivity index (χ2n) is 11.3. The first-order valence-electron chi connectivity index (χ1n) is 13.9. The normalized spacial score (nSPS) is 24.9. The Bertz CT molecular complexity index is 1600. The van der Waals surface area contributed by atoms with Crippen LogP contribution in [0.15, 0.2) is 53.5 Å². The lowest BCUT2D eigenvalue weighted by Crippen LogP contribution is -2.53. The Morgan fingerprint density at radius 3 is 2.60 bits per heavy atom. The van der Waals surface area contributed by atoms with Gasteiger partial charge in [0.05, 0.1) is 12.6 Å². The molecule has 0 saturated carbocycles. The highest BCUT2D eigenvalue weighted by Gasteiger charge is 2.54. The van der Waals surface area contributed by atoms with Crippen LogP contribution < -0.4 is 10.7 Å². The molecule has 1 spiro atoms. The SMILES string of the molecule is Cc1cc(F)c(CNC(=O)c2cn3c(c(O)c2=O)C(=O)N2C[C@@H]3[C@@]3(CC[C@@H]2C)CO[C@@H](Cc2ccccc2)O3)c(F)c1. The lowest BCUT2D eigenvalue weighted by atomic mass is 9.88. The minimum Gasteiger partial charge on any atom is -0.503 e.